The molecule has 3 rings (SSSR count). The molecule has 2 fully saturated rings. The zero-order valence-electron chi connectivity index (χ0n) is 12.4. The van der Waals surface area contributed by atoms with Crippen LogP contribution in [0.25, 0.3) is 0 Å². The van der Waals surface area contributed by atoms with E-state index in [4.69, 9.17) is 0 Å². The number of piperidine rings is 1. The van der Waals surface area contributed by atoms with Crippen molar-refractivity contribution in [1.29, 1.82) is 0 Å². The van der Waals surface area contributed by atoms with Crippen molar-refractivity contribution in [3.63, 3.8) is 0 Å². The molecule has 0 saturated carbocycles. The van der Waals surface area contributed by atoms with Crippen LogP contribution in [0.15, 0.2) is 24.3 Å². The lowest BCUT2D eigenvalue weighted by molar-refractivity contribution is 0.274. The van der Waals surface area contributed by atoms with E-state index in [1.807, 2.05) is 0 Å². The van der Waals surface area contributed by atoms with Crippen molar-refractivity contribution >= 4 is 0 Å². The van der Waals surface area contributed by atoms with Crippen LogP contribution in [-0.2, 0) is 5.41 Å². The van der Waals surface area contributed by atoms with Crippen LogP contribution in [0.3, 0.4) is 0 Å². The van der Waals surface area contributed by atoms with Crippen LogP contribution >= 0.6 is 0 Å². The smallest absolute Gasteiger partial charge is 0.0601 e. The van der Waals surface area contributed by atoms with Crippen molar-refractivity contribution in [2.24, 2.45) is 5.92 Å². The highest BCUT2D eigenvalue weighted by Crippen LogP contribution is 2.33. The molecule has 19 heavy (non-hydrogen) atoms. The minimum Gasteiger partial charge on any atom is -0.302 e. The van der Waals surface area contributed by atoms with E-state index in [2.05, 4.69) is 55.7 Å². The maximum Gasteiger partial charge on any atom is 0.0601 e. The SMILES string of the molecule is CC(C)(C)c1ccc(C2CNC3NCCC3C2)cc1. The van der Waals surface area contributed by atoms with E-state index in [1.54, 1.807) is 0 Å². The third-order valence-electron chi connectivity index (χ3n) is 4.77. The highest BCUT2D eigenvalue weighted by Gasteiger charge is 2.33. The molecule has 0 aliphatic carbocycles. The average molecular weight is 258 g/mol. The lowest BCUT2D eigenvalue weighted by atomic mass is 9.81. The van der Waals surface area contributed by atoms with Crippen molar-refractivity contribution < 1.29 is 0 Å². The Hall–Kier alpha value is -0.860. The Morgan fingerprint density at radius 1 is 1.05 bits per heavy atom. The predicted octanol–water partition coefficient (Wildman–Crippen LogP) is 3.00. The van der Waals surface area contributed by atoms with E-state index in [0.717, 1.165) is 12.5 Å². The summed E-state index contributed by atoms with van der Waals surface area (Å²) >= 11 is 0. The third kappa shape index (κ3) is 2.70. The van der Waals surface area contributed by atoms with Crippen molar-refractivity contribution in [1.82, 2.24) is 10.6 Å². The molecule has 1 aromatic rings. The largest absolute Gasteiger partial charge is 0.302 e. The summed E-state index contributed by atoms with van der Waals surface area (Å²) in [6.45, 7) is 9.12. The molecule has 2 N–H and O–H groups in total. The minimum absolute atomic E-state index is 0.254. The summed E-state index contributed by atoms with van der Waals surface area (Å²) in [6, 6.07) is 9.31. The zero-order chi connectivity index (χ0) is 13.5. The fourth-order valence-corrected chi connectivity index (χ4v) is 3.48. The van der Waals surface area contributed by atoms with Gasteiger partial charge in [0.05, 0.1) is 6.17 Å². The minimum atomic E-state index is 0.254. The second-order valence-corrected chi connectivity index (χ2v) is 7.19. The normalized spacial score (nSPS) is 31.2. The van der Waals surface area contributed by atoms with Gasteiger partial charge in [-0.1, -0.05) is 45.0 Å². The van der Waals surface area contributed by atoms with E-state index in [1.165, 1.54) is 30.5 Å². The van der Waals surface area contributed by atoms with E-state index in [-0.39, 0.29) is 5.41 Å². The Bertz CT molecular complexity index is 430. The fourth-order valence-electron chi connectivity index (χ4n) is 3.48. The molecule has 2 saturated heterocycles. The van der Waals surface area contributed by atoms with Gasteiger partial charge in [-0.05, 0) is 47.8 Å². The maximum atomic E-state index is 3.66. The fraction of sp³-hybridized carbons (Fsp3) is 0.647. The number of benzene rings is 1. The standard InChI is InChI=1S/C17H26N2/c1-17(2,3)15-6-4-12(5-7-15)14-10-13-8-9-18-16(13)19-11-14/h4-7,13-14,16,18-19H,8-11H2,1-3H3. The Kier molecular flexibility index (Phi) is 3.40. The van der Waals surface area contributed by atoms with Crippen LogP contribution in [0.4, 0.5) is 0 Å². The molecule has 0 spiro atoms. The Morgan fingerprint density at radius 2 is 1.79 bits per heavy atom. The van der Waals surface area contributed by atoms with Crippen molar-refractivity contribution in [3.05, 3.63) is 35.4 Å². The molecular weight excluding hydrogens is 232 g/mol. The van der Waals surface area contributed by atoms with Gasteiger partial charge in [0.1, 0.15) is 0 Å². The van der Waals surface area contributed by atoms with Crippen LogP contribution in [0.5, 0.6) is 0 Å². The molecule has 3 unspecified atom stereocenters. The Morgan fingerprint density at radius 3 is 2.47 bits per heavy atom. The van der Waals surface area contributed by atoms with Crippen molar-refractivity contribution in [3.8, 4) is 0 Å². The first-order valence-corrected chi connectivity index (χ1v) is 7.61. The van der Waals surface area contributed by atoms with Gasteiger partial charge in [-0.3, -0.25) is 0 Å². The summed E-state index contributed by atoms with van der Waals surface area (Å²) in [6.07, 6.45) is 3.23. The van der Waals surface area contributed by atoms with Crippen LogP contribution < -0.4 is 10.6 Å². The summed E-state index contributed by atoms with van der Waals surface area (Å²) in [5.74, 6) is 1.51. The molecule has 3 atom stereocenters. The quantitative estimate of drug-likeness (QED) is 0.809. The van der Waals surface area contributed by atoms with Gasteiger partial charge in [0, 0.05) is 6.54 Å². The lowest BCUT2D eigenvalue weighted by Crippen LogP contribution is -2.47. The van der Waals surface area contributed by atoms with Crippen molar-refractivity contribution in [2.45, 2.75) is 51.1 Å². The van der Waals surface area contributed by atoms with Crippen molar-refractivity contribution in [2.75, 3.05) is 13.1 Å². The maximum absolute atomic E-state index is 3.66. The molecule has 0 amide bonds. The molecule has 2 heterocycles. The summed E-state index contributed by atoms with van der Waals surface area (Å²) in [5.41, 5.74) is 3.19. The molecule has 2 heteroatoms. The van der Waals surface area contributed by atoms with Crippen LogP contribution in [0, 0.1) is 5.92 Å². The highest BCUT2D eigenvalue weighted by atomic mass is 15.2. The first-order valence-electron chi connectivity index (χ1n) is 7.61. The Labute approximate surface area is 117 Å². The molecule has 0 radical (unpaired) electrons. The number of hydrogen-bond donors (Lipinski definition) is 2. The molecule has 2 aliphatic heterocycles. The first kappa shape index (κ1) is 13.1. The van der Waals surface area contributed by atoms with Gasteiger partial charge < -0.3 is 10.6 Å². The second kappa shape index (κ2) is 4.92. The molecule has 0 bridgehead atoms. The third-order valence-corrected chi connectivity index (χ3v) is 4.77. The van der Waals surface area contributed by atoms with Gasteiger partial charge in [0.2, 0.25) is 0 Å². The van der Waals surface area contributed by atoms with Crippen LogP contribution in [-0.4, -0.2) is 19.3 Å². The Balaban J connectivity index is 1.72. The van der Waals surface area contributed by atoms with E-state index < -0.39 is 0 Å². The zero-order valence-corrected chi connectivity index (χ0v) is 12.4. The summed E-state index contributed by atoms with van der Waals surface area (Å²) in [7, 11) is 0. The second-order valence-electron chi connectivity index (χ2n) is 7.19. The van der Waals surface area contributed by atoms with Crippen LogP contribution in [0.2, 0.25) is 0 Å². The number of rotatable bonds is 1. The van der Waals surface area contributed by atoms with Gasteiger partial charge in [-0.15, -0.1) is 0 Å². The molecule has 104 valence electrons. The van der Waals surface area contributed by atoms with Gasteiger partial charge in [0.25, 0.3) is 0 Å². The lowest BCUT2D eigenvalue weighted by Gasteiger charge is -2.33. The van der Waals surface area contributed by atoms with Gasteiger partial charge in [-0.2, -0.15) is 0 Å². The van der Waals surface area contributed by atoms with E-state index >= 15 is 0 Å². The molecule has 2 nitrogen and oxygen atoms in total. The topological polar surface area (TPSA) is 24.1 Å². The number of hydrogen-bond acceptors (Lipinski definition) is 2. The molecular formula is C17H26N2. The highest BCUT2D eigenvalue weighted by molar-refractivity contribution is 5.30. The van der Waals surface area contributed by atoms with Gasteiger partial charge in [-0.25, -0.2) is 0 Å². The van der Waals surface area contributed by atoms with Crippen LogP contribution in [0.1, 0.15) is 50.7 Å². The van der Waals surface area contributed by atoms with Gasteiger partial charge in [0.15, 0.2) is 0 Å². The molecule has 2 aliphatic rings. The molecule has 1 aromatic carbocycles. The summed E-state index contributed by atoms with van der Waals surface area (Å²) in [5, 5.41) is 7.21. The number of nitrogens with one attached hydrogen (secondary N) is 2. The number of fused-ring (bicyclic) bond motifs is 1. The molecule has 0 aromatic heterocycles. The average Bonchev–Trinajstić information content (AvgIpc) is 2.85. The predicted molar refractivity (Wildman–Crippen MR) is 80.4 cm³/mol. The monoisotopic (exact) mass is 258 g/mol. The summed E-state index contributed by atoms with van der Waals surface area (Å²) < 4.78 is 0. The van der Waals surface area contributed by atoms with Gasteiger partial charge >= 0.3 is 0 Å². The van der Waals surface area contributed by atoms with E-state index in [0.29, 0.717) is 12.1 Å². The first-order chi connectivity index (χ1) is 9.04. The van der Waals surface area contributed by atoms with E-state index in [9.17, 15) is 0 Å². The summed E-state index contributed by atoms with van der Waals surface area (Å²) in [4.78, 5) is 0.